The molecule has 0 bridgehead atoms. The van der Waals surface area contributed by atoms with Gasteiger partial charge in [0.2, 0.25) is 10.0 Å². The first-order chi connectivity index (χ1) is 8.00. The molecule has 17 heavy (non-hydrogen) atoms. The van der Waals surface area contributed by atoms with Crippen LogP contribution in [0, 0.1) is 13.8 Å². The molecule has 0 spiro atoms. The van der Waals surface area contributed by atoms with Crippen LogP contribution in [-0.2, 0) is 10.0 Å². The molecule has 2 rings (SSSR count). The second-order valence-corrected chi connectivity index (χ2v) is 6.68. The van der Waals surface area contributed by atoms with E-state index in [1.54, 1.807) is 6.92 Å². The van der Waals surface area contributed by atoms with Gasteiger partial charge in [-0.25, -0.2) is 8.42 Å². The van der Waals surface area contributed by atoms with Crippen LogP contribution in [0.4, 0.5) is 5.69 Å². The lowest BCUT2D eigenvalue weighted by Crippen LogP contribution is -2.30. The number of H-pyrrole nitrogens is 1. The standard InChI is InChI=1S/C11H19N3O2S/c1-8-11(9(2)13-12-8)14-17(15,16)10-6-4-3-5-7-10/h10,14H,3-7H2,1-2H3,(H,12,13). The van der Waals surface area contributed by atoms with E-state index < -0.39 is 10.0 Å². The van der Waals surface area contributed by atoms with Gasteiger partial charge in [-0.3, -0.25) is 9.82 Å². The van der Waals surface area contributed by atoms with Crippen molar-refractivity contribution in [3.63, 3.8) is 0 Å². The number of hydrogen-bond donors (Lipinski definition) is 2. The molecule has 1 saturated carbocycles. The smallest absolute Gasteiger partial charge is 0.235 e. The molecule has 2 N–H and O–H groups in total. The van der Waals surface area contributed by atoms with Crippen molar-refractivity contribution in [1.82, 2.24) is 10.2 Å². The number of aromatic nitrogens is 2. The highest BCUT2D eigenvalue weighted by atomic mass is 32.2. The molecule has 1 aliphatic carbocycles. The molecule has 1 fully saturated rings. The average molecular weight is 257 g/mol. The summed E-state index contributed by atoms with van der Waals surface area (Å²) in [4.78, 5) is 0. The van der Waals surface area contributed by atoms with Gasteiger partial charge in [-0.15, -0.1) is 0 Å². The van der Waals surface area contributed by atoms with Gasteiger partial charge in [0.25, 0.3) is 0 Å². The Bertz CT molecular complexity index is 467. The van der Waals surface area contributed by atoms with Gasteiger partial charge in [-0.1, -0.05) is 19.3 Å². The predicted octanol–water partition coefficient (Wildman–Crippen LogP) is 2.10. The topological polar surface area (TPSA) is 74.8 Å². The Balaban J connectivity index is 2.17. The molecule has 0 saturated heterocycles. The fourth-order valence-electron chi connectivity index (χ4n) is 2.30. The SMILES string of the molecule is Cc1n[nH]c(C)c1NS(=O)(=O)C1CCCCC1. The molecule has 0 unspecified atom stereocenters. The number of rotatable bonds is 3. The maximum absolute atomic E-state index is 12.2. The Labute approximate surface area is 102 Å². The van der Waals surface area contributed by atoms with E-state index in [9.17, 15) is 8.42 Å². The Morgan fingerprint density at radius 1 is 1.24 bits per heavy atom. The Kier molecular flexibility index (Phi) is 3.42. The molecule has 1 aromatic rings. The summed E-state index contributed by atoms with van der Waals surface area (Å²) in [6.45, 7) is 3.61. The van der Waals surface area contributed by atoms with Crippen LogP contribution in [0.2, 0.25) is 0 Å². The first-order valence-electron chi connectivity index (χ1n) is 6.04. The van der Waals surface area contributed by atoms with Crippen molar-refractivity contribution in [2.75, 3.05) is 4.72 Å². The highest BCUT2D eigenvalue weighted by molar-refractivity contribution is 7.93. The van der Waals surface area contributed by atoms with Crippen molar-refractivity contribution in [2.45, 2.75) is 51.2 Å². The summed E-state index contributed by atoms with van der Waals surface area (Å²) in [6, 6.07) is 0. The third-order valence-corrected chi connectivity index (χ3v) is 5.20. The van der Waals surface area contributed by atoms with Gasteiger partial charge in [0.15, 0.2) is 0 Å². The molecule has 96 valence electrons. The van der Waals surface area contributed by atoms with Gasteiger partial charge in [-0.05, 0) is 26.7 Å². The highest BCUT2D eigenvalue weighted by Gasteiger charge is 2.28. The van der Waals surface area contributed by atoms with Crippen LogP contribution in [0.25, 0.3) is 0 Å². The summed E-state index contributed by atoms with van der Waals surface area (Å²) >= 11 is 0. The molecule has 6 heteroatoms. The Morgan fingerprint density at radius 3 is 2.41 bits per heavy atom. The van der Waals surface area contributed by atoms with Crippen molar-refractivity contribution in [1.29, 1.82) is 0 Å². The van der Waals surface area contributed by atoms with E-state index in [1.807, 2.05) is 6.92 Å². The van der Waals surface area contributed by atoms with E-state index in [1.165, 1.54) is 0 Å². The highest BCUT2D eigenvalue weighted by Crippen LogP contribution is 2.26. The summed E-state index contributed by atoms with van der Waals surface area (Å²) in [5.41, 5.74) is 2.07. The molecule has 0 radical (unpaired) electrons. The van der Waals surface area contributed by atoms with Crippen LogP contribution < -0.4 is 4.72 Å². The molecular weight excluding hydrogens is 238 g/mol. The van der Waals surface area contributed by atoms with Crippen molar-refractivity contribution in [3.8, 4) is 0 Å². The fourth-order valence-corrected chi connectivity index (χ4v) is 4.01. The molecule has 0 amide bonds. The summed E-state index contributed by atoms with van der Waals surface area (Å²) in [5, 5.41) is 6.53. The second kappa shape index (κ2) is 4.68. The van der Waals surface area contributed by atoms with Crippen LogP contribution in [0.15, 0.2) is 0 Å². The molecule has 0 atom stereocenters. The van der Waals surface area contributed by atoms with E-state index in [-0.39, 0.29) is 5.25 Å². The number of nitrogens with one attached hydrogen (secondary N) is 2. The van der Waals surface area contributed by atoms with Crippen LogP contribution in [0.3, 0.4) is 0 Å². The number of aryl methyl sites for hydroxylation is 2. The molecular formula is C11H19N3O2S. The van der Waals surface area contributed by atoms with Crippen LogP contribution >= 0.6 is 0 Å². The molecule has 5 nitrogen and oxygen atoms in total. The summed E-state index contributed by atoms with van der Waals surface area (Å²) in [7, 11) is -3.26. The van der Waals surface area contributed by atoms with Gasteiger partial charge >= 0.3 is 0 Å². The first-order valence-corrected chi connectivity index (χ1v) is 7.58. The Hall–Kier alpha value is -1.04. The van der Waals surface area contributed by atoms with E-state index in [2.05, 4.69) is 14.9 Å². The zero-order valence-corrected chi connectivity index (χ0v) is 11.1. The van der Waals surface area contributed by atoms with Crippen LogP contribution in [0.5, 0.6) is 0 Å². The lowest BCUT2D eigenvalue weighted by Gasteiger charge is -2.22. The zero-order chi connectivity index (χ0) is 12.5. The van der Waals surface area contributed by atoms with Gasteiger partial charge in [0.05, 0.1) is 22.3 Å². The van der Waals surface area contributed by atoms with Crippen molar-refractivity contribution in [3.05, 3.63) is 11.4 Å². The van der Waals surface area contributed by atoms with E-state index in [0.717, 1.165) is 37.8 Å². The Morgan fingerprint density at radius 2 is 1.88 bits per heavy atom. The number of nitrogens with zero attached hydrogens (tertiary/aromatic N) is 1. The lowest BCUT2D eigenvalue weighted by molar-refractivity contribution is 0.486. The number of sulfonamides is 1. The van der Waals surface area contributed by atoms with Gasteiger partial charge in [0.1, 0.15) is 0 Å². The van der Waals surface area contributed by atoms with Gasteiger partial charge < -0.3 is 0 Å². The van der Waals surface area contributed by atoms with Crippen molar-refractivity contribution < 1.29 is 8.42 Å². The average Bonchev–Trinajstić information content (AvgIpc) is 2.62. The normalized spacial score (nSPS) is 18.2. The van der Waals surface area contributed by atoms with E-state index in [4.69, 9.17) is 0 Å². The lowest BCUT2D eigenvalue weighted by atomic mass is 10.0. The minimum Gasteiger partial charge on any atom is -0.280 e. The number of hydrogen-bond acceptors (Lipinski definition) is 3. The summed E-state index contributed by atoms with van der Waals surface area (Å²) in [5.74, 6) is 0. The number of aromatic amines is 1. The molecule has 0 aliphatic heterocycles. The van der Waals surface area contributed by atoms with Gasteiger partial charge in [0, 0.05) is 0 Å². The van der Waals surface area contributed by atoms with Gasteiger partial charge in [-0.2, -0.15) is 5.10 Å². The third kappa shape index (κ3) is 2.62. The molecule has 1 heterocycles. The minimum absolute atomic E-state index is 0.245. The quantitative estimate of drug-likeness (QED) is 0.870. The third-order valence-electron chi connectivity index (χ3n) is 3.36. The fraction of sp³-hybridized carbons (Fsp3) is 0.727. The summed E-state index contributed by atoms with van der Waals surface area (Å²) < 4.78 is 27.1. The maximum Gasteiger partial charge on any atom is 0.235 e. The molecule has 1 aromatic heterocycles. The minimum atomic E-state index is -3.26. The zero-order valence-electron chi connectivity index (χ0n) is 10.3. The van der Waals surface area contributed by atoms with Crippen LogP contribution in [0.1, 0.15) is 43.5 Å². The maximum atomic E-state index is 12.2. The van der Waals surface area contributed by atoms with E-state index in [0.29, 0.717) is 11.4 Å². The molecule has 1 aliphatic rings. The van der Waals surface area contributed by atoms with Crippen LogP contribution in [-0.4, -0.2) is 23.9 Å². The van der Waals surface area contributed by atoms with E-state index >= 15 is 0 Å². The van der Waals surface area contributed by atoms with Crippen molar-refractivity contribution >= 4 is 15.7 Å². The molecule has 0 aromatic carbocycles. The monoisotopic (exact) mass is 257 g/mol. The second-order valence-electron chi connectivity index (χ2n) is 4.72. The first kappa shape index (κ1) is 12.4. The summed E-state index contributed by atoms with van der Waals surface area (Å²) in [6.07, 6.45) is 4.70. The predicted molar refractivity (Wildman–Crippen MR) is 67.5 cm³/mol. The largest absolute Gasteiger partial charge is 0.280 e. The van der Waals surface area contributed by atoms with Crippen molar-refractivity contribution in [2.24, 2.45) is 0 Å². The number of anilines is 1.